The second-order valence-corrected chi connectivity index (χ2v) is 5.93. The average molecular weight is 353 g/mol. The molecule has 1 N–H and O–H groups in total. The topological polar surface area (TPSA) is 78.5 Å². The monoisotopic (exact) mass is 353 g/mol. The molecule has 4 rings (SSSR count). The van der Waals surface area contributed by atoms with Gasteiger partial charge in [0.25, 0.3) is 0 Å². The van der Waals surface area contributed by atoms with Crippen LogP contribution in [0.4, 0.5) is 0 Å². The van der Waals surface area contributed by atoms with E-state index in [4.69, 9.17) is 18.9 Å². The second kappa shape index (κ2) is 6.59. The fourth-order valence-electron chi connectivity index (χ4n) is 3.33. The van der Waals surface area contributed by atoms with Crippen LogP contribution in [0.1, 0.15) is 24.1 Å². The number of allylic oxidation sites excluding steroid dienone is 4. The molecular formula is C19H19N3O4. The van der Waals surface area contributed by atoms with Gasteiger partial charge in [-0.25, -0.2) is 0 Å². The summed E-state index contributed by atoms with van der Waals surface area (Å²) in [7, 11) is 4.84. The fourth-order valence-corrected chi connectivity index (χ4v) is 3.33. The summed E-state index contributed by atoms with van der Waals surface area (Å²) in [5.74, 6) is 2.54. The maximum atomic E-state index is 5.72. The number of nitrogens with zero attached hydrogens (tertiary/aromatic N) is 2. The third-order valence-electron chi connectivity index (χ3n) is 4.60. The minimum Gasteiger partial charge on any atom is -0.493 e. The van der Waals surface area contributed by atoms with E-state index in [0.29, 0.717) is 28.7 Å². The molecule has 26 heavy (non-hydrogen) atoms. The summed E-state index contributed by atoms with van der Waals surface area (Å²) in [6.45, 7) is 0. The normalized spacial score (nSPS) is 15.8. The molecule has 0 radical (unpaired) electrons. The Morgan fingerprint density at radius 1 is 1.04 bits per heavy atom. The number of hydrogen-bond acceptors (Lipinski definition) is 6. The highest BCUT2D eigenvalue weighted by molar-refractivity contribution is 5.84. The van der Waals surface area contributed by atoms with E-state index in [2.05, 4.69) is 15.4 Å². The van der Waals surface area contributed by atoms with Gasteiger partial charge in [-0.15, -0.1) is 0 Å². The van der Waals surface area contributed by atoms with Crippen molar-refractivity contribution in [2.45, 2.75) is 12.8 Å². The van der Waals surface area contributed by atoms with E-state index >= 15 is 0 Å². The lowest BCUT2D eigenvalue weighted by Gasteiger charge is -2.16. The number of benzene rings is 1. The Hall–Kier alpha value is -3.22. The summed E-state index contributed by atoms with van der Waals surface area (Å²) in [4.78, 5) is 0. The van der Waals surface area contributed by atoms with Gasteiger partial charge in [0.2, 0.25) is 5.75 Å². The van der Waals surface area contributed by atoms with Crippen molar-refractivity contribution in [3.63, 3.8) is 0 Å². The first-order valence-electron chi connectivity index (χ1n) is 8.22. The number of H-pyrrole nitrogens is 1. The SMILES string of the molecule is COc1cc(C2=C3C=C(c4cn[nH]n4)OC=C3CC2)cc(OC)c1OC. The summed E-state index contributed by atoms with van der Waals surface area (Å²) < 4.78 is 22.1. The van der Waals surface area contributed by atoms with Crippen LogP contribution in [0.3, 0.4) is 0 Å². The molecule has 1 aliphatic heterocycles. The van der Waals surface area contributed by atoms with E-state index in [9.17, 15) is 0 Å². The van der Waals surface area contributed by atoms with Crippen LogP contribution in [0, 0.1) is 0 Å². The van der Waals surface area contributed by atoms with Crippen LogP contribution in [0.5, 0.6) is 17.2 Å². The fraction of sp³-hybridized carbons (Fsp3) is 0.263. The lowest BCUT2D eigenvalue weighted by molar-refractivity contribution is 0.324. The Kier molecular flexibility index (Phi) is 4.12. The maximum absolute atomic E-state index is 5.72. The quantitative estimate of drug-likeness (QED) is 0.888. The van der Waals surface area contributed by atoms with Crippen LogP contribution in [-0.4, -0.2) is 36.7 Å². The zero-order valence-electron chi connectivity index (χ0n) is 14.8. The van der Waals surface area contributed by atoms with E-state index in [-0.39, 0.29) is 0 Å². The van der Waals surface area contributed by atoms with Crippen molar-refractivity contribution in [1.82, 2.24) is 15.4 Å². The molecule has 0 saturated carbocycles. The van der Waals surface area contributed by atoms with Gasteiger partial charge in [-0.1, -0.05) is 0 Å². The summed E-state index contributed by atoms with van der Waals surface area (Å²) in [5.41, 5.74) is 5.23. The molecule has 7 heteroatoms. The Balaban J connectivity index is 1.83. The maximum Gasteiger partial charge on any atom is 0.203 e. The molecule has 1 aliphatic carbocycles. The van der Waals surface area contributed by atoms with Gasteiger partial charge in [-0.05, 0) is 53.3 Å². The number of hydrogen-bond donors (Lipinski definition) is 1. The molecule has 0 amide bonds. The minimum atomic E-state index is 0.587. The van der Waals surface area contributed by atoms with Gasteiger partial charge < -0.3 is 18.9 Å². The summed E-state index contributed by atoms with van der Waals surface area (Å²) in [6, 6.07) is 3.96. The highest BCUT2D eigenvalue weighted by atomic mass is 16.5. The highest BCUT2D eigenvalue weighted by Gasteiger charge is 2.26. The van der Waals surface area contributed by atoms with Crippen molar-refractivity contribution in [2.24, 2.45) is 0 Å². The molecule has 0 atom stereocenters. The van der Waals surface area contributed by atoms with E-state index in [1.165, 1.54) is 11.1 Å². The first-order chi connectivity index (χ1) is 12.7. The molecule has 0 saturated heterocycles. The molecule has 0 spiro atoms. The van der Waals surface area contributed by atoms with Gasteiger partial charge in [-0.3, -0.25) is 0 Å². The van der Waals surface area contributed by atoms with E-state index in [0.717, 1.165) is 24.0 Å². The molecule has 0 fully saturated rings. The summed E-state index contributed by atoms with van der Waals surface area (Å²) in [6.07, 6.45) is 7.28. The third kappa shape index (κ3) is 2.61. The number of fused-ring (bicyclic) bond motifs is 1. The Labute approximate surface area is 150 Å². The van der Waals surface area contributed by atoms with Crippen molar-refractivity contribution in [1.29, 1.82) is 0 Å². The molecule has 7 nitrogen and oxygen atoms in total. The largest absolute Gasteiger partial charge is 0.493 e. The standard InChI is InChI=1S/C19H19N3O4/c1-23-17-6-12(7-18(24-2)19(17)25-3)13-5-4-11-10-26-16(8-14(11)13)15-9-20-22-21-15/h6-10H,4-5H2,1-3H3,(H,20,21,22). The third-order valence-corrected chi connectivity index (χ3v) is 4.60. The smallest absolute Gasteiger partial charge is 0.203 e. The van der Waals surface area contributed by atoms with E-state index in [1.54, 1.807) is 33.8 Å². The van der Waals surface area contributed by atoms with E-state index in [1.807, 2.05) is 18.2 Å². The lowest BCUT2D eigenvalue weighted by Crippen LogP contribution is -1.99. The van der Waals surface area contributed by atoms with Gasteiger partial charge in [0.1, 0.15) is 5.69 Å². The molecular weight excluding hydrogens is 334 g/mol. The van der Waals surface area contributed by atoms with Crippen LogP contribution >= 0.6 is 0 Å². The van der Waals surface area contributed by atoms with Crippen LogP contribution < -0.4 is 14.2 Å². The first-order valence-corrected chi connectivity index (χ1v) is 8.22. The molecule has 134 valence electrons. The van der Waals surface area contributed by atoms with Gasteiger partial charge >= 0.3 is 0 Å². The minimum absolute atomic E-state index is 0.587. The van der Waals surface area contributed by atoms with Crippen molar-refractivity contribution in [3.05, 3.63) is 53.1 Å². The molecule has 1 aromatic heterocycles. The van der Waals surface area contributed by atoms with Gasteiger partial charge in [-0.2, -0.15) is 15.4 Å². The number of ether oxygens (including phenoxy) is 4. The number of rotatable bonds is 5. The molecule has 1 aromatic carbocycles. The van der Waals surface area contributed by atoms with Gasteiger partial charge in [0.05, 0.1) is 33.8 Å². The Morgan fingerprint density at radius 2 is 1.81 bits per heavy atom. The van der Waals surface area contributed by atoms with Gasteiger partial charge in [0.15, 0.2) is 17.3 Å². The van der Waals surface area contributed by atoms with Gasteiger partial charge in [0, 0.05) is 0 Å². The second-order valence-electron chi connectivity index (χ2n) is 5.93. The van der Waals surface area contributed by atoms with Crippen molar-refractivity contribution in [3.8, 4) is 17.2 Å². The van der Waals surface area contributed by atoms with Crippen LogP contribution in [-0.2, 0) is 4.74 Å². The first kappa shape index (κ1) is 16.3. The van der Waals surface area contributed by atoms with E-state index < -0.39 is 0 Å². The number of methoxy groups -OCH3 is 3. The predicted octanol–water partition coefficient (Wildman–Crippen LogP) is 3.33. The predicted molar refractivity (Wildman–Crippen MR) is 95.8 cm³/mol. The van der Waals surface area contributed by atoms with Crippen molar-refractivity contribution < 1.29 is 18.9 Å². The van der Waals surface area contributed by atoms with Crippen LogP contribution in [0.25, 0.3) is 11.3 Å². The summed E-state index contributed by atoms with van der Waals surface area (Å²) >= 11 is 0. The molecule has 0 unspecified atom stereocenters. The molecule has 2 aromatic rings. The lowest BCUT2D eigenvalue weighted by atomic mass is 9.99. The number of aromatic nitrogens is 3. The molecule has 2 heterocycles. The average Bonchev–Trinajstić information content (AvgIpc) is 3.36. The molecule has 2 aliphatic rings. The Morgan fingerprint density at radius 3 is 2.42 bits per heavy atom. The summed E-state index contributed by atoms with van der Waals surface area (Å²) in [5, 5.41) is 10.5. The zero-order valence-corrected chi connectivity index (χ0v) is 14.8. The van der Waals surface area contributed by atoms with Crippen molar-refractivity contribution in [2.75, 3.05) is 21.3 Å². The number of nitrogens with one attached hydrogen (secondary N) is 1. The van der Waals surface area contributed by atoms with Crippen LogP contribution in [0.15, 0.2) is 41.8 Å². The number of aromatic amines is 1. The zero-order chi connectivity index (χ0) is 18.1. The highest BCUT2D eigenvalue weighted by Crippen LogP contribution is 2.46. The molecule has 0 bridgehead atoms. The Bertz CT molecular complexity index is 901. The van der Waals surface area contributed by atoms with Crippen molar-refractivity contribution >= 4 is 11.3 Å². The van der Waals surface area contributed by atoms with Crippen LogP contribution in [0.2, 0.25) is 0 Å².